The molecule has 4 aromatic rings. The molecule has 2 atom stereocenters. The van der Waals surface area contributed by atoms with E-state index in [4.69, 9.17) is 0 Å². The standard InChI is InChI=1S/C30H33N5O3S/c36-28(23-10-14-33(18-22-6-2-1-3-7-22)19-24(23)26-9-5-17-39-26)34-15-11-30(38,12-16-34)20-35-21-32-25-8-4-13-31-27(25)29(35)37/h1-9,13,17,21,23-24,38H,10-12,14-16,18-20H2. The summed E-state index contributed by atoms with van der Waals surface area (Å²) < 4.78 is 1.45. The molecule has 0 spiro atoms. The molecule has 2 fully saturated rings. The normalized spacial score (nSPS) is 21.7. The number of pyridine rings is 1. The summed E-state index contributed by atoms with van der Waals surface area (Å²) in [5, 5.41) is 13.4. The highest BCUT2D eigenvalue weighted by molar-refractivity contribution is 7.10. The predicted octanol–water partition coefficient (Wildman–Crippen LogP) is 3.51. The van der Waals surface area contributed by atoms with Crippen LogP contribution < -0.4 is 5.56 Å². The van der Waals surface area contributed by atoms with Crippen LogP contribution in [-0.2, 0) is 17.9 Å². The van der Waals surface area contributed by atoms with E-state index in [9.17, 15) is 14.7 Å². The van der Waals surface area contributed by atoms with Gasteiger partial charge in [0.05, 0.1) is 24.0 Å². The number of rotatable bonds is 6. The van der Waals surface area contributed by atoms with Gasteiger partial charge in [-0.3, -0.25) is 19.1 Å². The molecule has 1 aromatic carbocycles. The van der Waals surface area contributed by atoms with Gasteiger partial charge < -0.3 is 10.0 Å². The quantitative estimate of drug-likeness (QED) is 0.400. The van der Waals surface area contributed by atoms with Crippen LogP contribution in [0.25, 0.3) is 11.0 Å². The van der Waals surface area contributed by atoms with E-state index in [0.29, 0.717) is 37.0 Å². The van der Waals surface area contributed by atoms with Gasteiger partial charge in [-0.05, 0) is 54.9 Å². The Morgan fingerprint density at radius 3 is 2.62 bits per heavy atom. The highest BCUT2D eigenvalue weighted by Crippen LogP contribution is 2.37. The molecule has 3 aromatic heterocycles. The number of carbonyl (C=O) groups excluding carboxylic acids is 1. The zero-order valence-electron chi connectivity index (χ0n) is 21.9. The minimum atomic E-state index is -1.07. The van der Waals surface area contributed by atoms with Gasteiger partial charge in [0.2, 0.25) is 5.91 Å². The Labute approximate surface area is 231 Å². The lowest BCUT2D eigenvalue weighted by Gasteiger charge is -2.43. The Balaban J connectivity index is 1.12. The molecule has 5 heterocycles. The van der Waals surface area contributed by atoms with Crippen LogP contribution in [0.2, 0.25) is 0 Å². The predicted molar refractivity (Wildman–Crippen MR) is 151 cm³/mol. The zero-order chi connectivity index (χ0) is 26.8. The average Bonchev–Trinajstić information content (AvgIpc) is 3.51. The minimum absolute atomic E-state index is 0.0692. The Bertz CT molecular complexity index is 1480. The van der Waals surface area contributed by atoms with E-state index in [-0.39, 0.29) is 29.8 Å². The van der Waals surface area contributed by atoms with E-state index in [1.165, 1.54) is 21.3 Å². The monoisotopic (exact) mass is 543 g/mol. The largest absolute Gasteiger partial charge is 0.388 e. The Morgan fingerprint density at radius 1 is 1.03 bits per heavy atom. The molecule has 39 heavy (non-hydrogen) atoms. The molecule has 0 bridgehead atoms. The van der Waals surface area contributed by atoms with Gasteiger partial charge in [0.15, 0.2) is 5.52 Å². The lowest BCUT2D eigenvalue weighted by atomic mass is 9.82. The summed E-state index contributed by atoms with van der Waals surface area (Å²) in [6.07, 6.45) is 4.71. The van der Waals surface area contributed by atoms with Crippen molar-refractivity contribution in [2.24, 2.45) is 5.92 Å². The summed E-state index contributed by atoms with van der Waals surface area (Å²) in [7, 11) is 0. The third kappa shape index (κ3) is 5.52. The van der Waals surface area contributed by atoms with Crippen molar-refractivity contribution in [2.75, 3.05) is 26.2 Å². The van der Waals surface area contributed by atoms with Crippen molar-refractivity contribution < 1.29 is 9.90 Å². The fourth-order valence-electron chi connectivity index (χ4n) is 6.04. The van der Waals surface area contributed by atoms with Crippen LogP contribution in [0.5, 0.6) is 0 Å². The van der Waals surface area contributed by atoms with E-state index >= 15 is 0 Å². The molecule has 2 unspecified atom stereocenters. The highest BCUT2D eigenvalue weighted by Gasteiger charge is 2.41. The summed E-state index contributed by atoms with van der Waals surface area (Å²) in [6.45, 7) is 3.73. The molecule has 6 rings (SSSR count). The molecule has 1 amide bonds. The van der Waals surface area contributed by atoms with Crippen molar-refractivity contribution >= 4 is 28.3 Å². The summed E-state index contributed by atoms with van der Waals surface area (Å²) in [5.74, 6) is 0.273. The number of hydrogen-bond donors (Lipinski definition) is 1. The Morgan fingerprint density at radius 2 is 1.85 bits per heavy atom. The number of likely N-dealkylation sites (tertiary alicyclic amines) is 2. The van der Waals surface area contributed by atoms with E-state index < -0.39 is 5.60 Å². The number of carbonyl (C=O) groups is 1. The van der Waals surface area contributed by atoms with Gasteiger partial charge in [0.1, 0.15) is 0 Å². The molecule has 202 valence electrons. The topological polar surface area (TPSA) is 91.6 Å². The SMILES string of the molecule is O=C(C1CCN(Cc2ccccc2)CC1c1cccs1)N1CCC(O)(Cn2cnc3cccnc3c2=O)CC1. The first-order chi connectivity index (χ1) is 19.0. The number of thiophene rings is 1. The molecule has 2 saturated heterocycles. The van der Waals surface area contributed by atoms with Crippen LogP contribution in [0.3, 0.4) is 0 Å². The summed E-state index contributed by atoms with van der Waals surface area (Å²) in [5.41, 5.74) is 0.806. The van der Waals surface area contributed by atoms with Gasteiger partial charge in [-0.15, -0.1) is 11.3 Å². The Kier molecular flexibility index (Phi) is 7.29. The van der Waals surface area contributed by atoms with Crippen LogP contribution in [0, 0.1) is 5.92 Å². The fourth-order valence-corrected chi connectivity index (χ4v) is 6.93. The molecule has 1 N–H and O–H groups in total. The van der Waals surface area contributed by atoms with E-state index in [0.717, 1.165) is 26.1 Å². The smallest absolute Gasteiger partial charge is 0.279 e. The van der Waals surface area contributed by atoms with Crippen LogP contribution >= 0.6 is 11.3 Å². The van der Waals surface area contributed by atoms with Gasteiger partial charge >= 0.3 is 0 Å². The van der Waals surface area contributed by atoms with Crippen molar-refractivity contribution in [1.29, 1.82) is 0 Å². The van der Waals surface area contributed by atoms with E-state index in [2.05, 4.69) is 56.6 Å². The number of benzene rings is 1. The van der Waals surface area contributed by atoms with Crippen LogP contribution in [0.15, 0.2) is 77.3 Å². The lowest BCUT2D eigenvalue weighted by Crippen LogP contribution is -2.53. The number of piperidine rings is 2. The Hall–Kier alpha value is -3.40. The molecule has 9 heteroatoms. The van der Waals surface area contributed by atoms with Crippen molar-refractivity contribution in [3.8, 4) is 0 Å². The van der Waals surface area contributed by atoms with Gasteiger partial charge in [-0.1, -0.05) is 36.4 Å². The highest BCUT2D eigenvalue weighted by atomic mass is 32.1. The first kappa shape index (κ1) is 25.9. The second-order valence-electron chi connectivity index (χ2n) is 10.8. The lowest BCUT2D eigenvalue weighted by molar-refractivity contribution is -0.142. The first-order valence-electron chi connectivity index (χ1n) is 13.6. The van der Waals surface area contributed by atoms with Gasteiger partial charge in [0.25, 0.3) is 5.56 Å². The number of nitrogens with zero attached hydrogens (tertiary/aromatic N) is 5. The maximum atomic E-state index is 13.9. The third-order valence-corrected chi connectivity index (χ3v) is 9.23. The maximum Gasteiger partial charge on any atom is 0.279 e. The van der Waals surface area contributed by atoms with Crippen molar-refractivity contribution in [2.45, 2.75) is 43.9 Å². The molecule has 0 radical (unpaired) electrons. The molecule has 0 saturated carbocycles. The van der Waals surface area contributed by atoms with Gasteiger partial charge in [-0.2, -0.15) is 0 Å². The fraction of sp³-hybridized carbons (Fsp3) is 0.400. The number of aromatic nitrogens is 3. The van der Waals surface area contributed by atoms with Crippen molar-refractivity contribution in [3.05, 3.63) is 93.3 Å². The van der Waals surface area contributed by atoms with Crippen LogP contribution in [0.1, 0.15) is 35.6 Å². The second-order valence-corrected chi connectivity index (χ2v) is 11.8. The second kappa shape index (κ2) is 11.0. The first-order valence-corrected chi connectivity index (χ1v) is 14.5. The summed E-state index contributed by atoms with van der Waals surface area (Å²) in [4.78, 5) is 40.9. The maximum absolute atomic E-state index is 13.9. The van der Waals surface area contributed by atoms with Gasteiger partial charge in [0, 0.05) is 49.1 Å². The summed E-state index contributed by atoms with van der Waals surface area (Å²) >= 11 is 1.73. The number of fused-ring (bicyclic) bond motifs is 1. The van der Waals surface area contributed by atoms with Crippen LogP contribution in [0.4, 0.5) is 0 Å². The molecular formula is C30H33N5O3S. The molecule has 0 aliphatic carbocycles. The molecule has 2 aliphatic heterocycles. The molecule has 2 aliphatic rings. The molecular weight excluding hydrogens is 510 g/mol. The number of aliphatic hydroxyl groups is 1. The third-order valence-electron chi connectivity index (χ3n) is 8.23. The van der Waals surface area contributed by atoms with Crippen LogP contribution in [-0.4, -0.2) is 67.1 Å². The minimum Gasteiger partial charge on any atom is -0.388 e. The van der Waals surface area contributed by atoms with E-state index in [1.807, 2.05) is 11.0 Å². The number of hydrogen-bond acceptors (Lipinski definition) is 7. The summed E-state index contributed by atoms with van der Waals surface area (Å²) in [6, 6.07) is 18.2. The van der Waals surface area contributed by atoms with Crippen molar-refractivity contribution in [1.82, 2.24) is 24.3 Å². The number of amides is 1. The van der Waals surface area contributed by atoms with Crippen molar-refractivity contribution in [3.63, 3.8) is 0 Å². The van der Waals surface area contributed by atoms with E-state index in [1.54, 1.807) is 29.7 Å². The van der Waals surface area contributed by atoms with Gasteiger partial charge in [-0.25, -0.2) is 9.97 Å². The zero-order valence-corrected chi connectivity index (χ0v) is 22.7. The average molecular weight is 544 g/mol. The molecule has 8 nitrogen and oxygen atoms in total.